The number of rotatable bonds is 1. The van der Waals surface area contributed by atoms with Crippen LogP contribution in [-0.4, -0.2) is 28.0 Å². The third-order valence-corrected chi connectivity index (χ3v) is 4.30. The molecule has 0 fully saturated rings. The average Bonchev–Trinajstić information content (AvgIpc) is 2.90. The molecule has 24 heavy (non-hydrogen) atoms. The van der Waals surface area contributed by atoms with Crippen molar-refractivity contribution in [1.29, 1.82) is 0 Å². The number of aliphatic imine (C=N–C) groups is 3. The van der Waals surface area contributed by atoms with Gasteiger partial charge < -0.3 is 5.11 Å². The molecule has 0 spiro atoms. The van der Waals surface area contributed by atoms with E-state index >= 15 is 0 Å². The Morgan fingerprint density at radius 2 is 1.83 bits per heavy atom. The number of halogens is 1. The molecule has 0 aliphatic carbocycles. The largest absolute Gasteiger partial charge is 0.359 e. The lowest BCUT2D eigenvalue weighted by atomic mass is 9.99. The summed E-state index contributed by atoms with van der Waals surface area (Å²) in [7, 11) is 0. The van der Waals surface area contributed by atoms with Gasteiger partial charge in [0, 0.05) is 17.3 Å². The zero-order chi connectivity index (χ0) is 16.3. The maximum atomic E-state index is 13.3. The maximum absolute atomic E-state index is 13.3. The summed E-state index contributed by atoms with van der Waals surface area (Å²) in [5.41, 5.74) is 1.31. The molecule has 0 bridgehead atoms. The Morgan fingerprint density at radius 3 is 2.67 bits per heavy atom. The summed E-state index contributed by atoms with van der Waals surface area (Å²) in [6, 6.07) is 13.3. The highest BCUT2D eigenvalue weighted by Crippen LogP contribution is 2.44. The van der Waals surface area contributed by atoms with Gasteiger partial charge in [-0.25, -0.2) is 19.4 Å². The Hall–Kier alpha value is -3.12. The van der Waals surface area contributed by atoms with Gasteiger partial charge in [0.1, 0.15) is 5.82 Å². The van der Waals surface area contributed by atoms with Crippen LogP contribution in [-0.2, 0) is 5.72 Å². The summed E-state index contributed by atoms with van der Waals surface area (Å²) >= 11 is 0. The lowest BCUT2D eigenvalue weighted by Gasteiger charge is -2.32. The van der Waals surface area contributed by atoms with E-state index in [4.69, 9.17) is 0 Å². The van der Waals surface area contributed by atoms with Gasteiger partial charge in [0.15, 0.2) is 5.84 Å². The van der Waals surface area contributed by atoms with Gasteiger partial charge in [0.05, 0.1) is 11.4 Å². The first kappa shape index (κ1) is 13.3. The van der Waals surface area contributed by atoms with E-state index in [1.165, 1.54) is 24.3 Å². The quantitative estimate of drug-likeness (QED) is 0.879. The van der Waals surface area contributed by atoms with E-state index in [9.17, 15) is 9.50 Å². The molecule has 116 valence electrons. The highest BCUT2D eigenvalue weighted by molar-refractivity contribution is 6.22. The van der Waals surface area contributed by atoms with Gasteiger partial charge in [0.2, 0.25) is 11.7 Å². The summed E-state index contributed by atoms with van der Waals surface area (Å²) < 4.78 is 13.3. The molecule has 2 aromatic carbocycles. The van der Waals surface area contributed by atoms with Crippen LogP contribution in [0.3, 0.4) is 0 Å². The Morgan fingerprint density at radius 1 is 1.04 bits per heavy atom. The molecule has 5 rings (SSSR count). The lowest BCUT2D eigenvalue weighted by Crippen LogP contribution is -2.42. The van der Waals surface area contributed by atoms with Gasteiger partial charge in [-0.3, -0.25) is 4.90 Å². The molecule has 0 saturated carbocycles. The fourth-order valence-electron chi connectivity index (χ4n) is 3.17. The zero-order valence-electron chi connectivity index (χ0n) is 12.4. The van der Waals surface area contributed by atoms with E-state index in [1.807, 2.05) is 30.3 Å². The number of para-hydroxylation sites is 1. The van der Waals surface area contributed by atoms with Gasteiger partial charge in [-0.1, -0.05) is 30.3 Å². The van der Waals surface area contributed by atoms with Gasteiger partial charge in [-0.2, -0.15) is 0 Å². The molecule has 3 aliphatic heterocycles. The van der Waals surface area contributed by atoms with Crippen LogP contribution >= 0.6 is 0 Å². The normalized spacial score (nSPS) is 23.2. The van der Waals surface area contributed by atoms with Crippen LogP contribution in [0.5, 0.6) is 0 Å². The molecule has 0 aromatic heterocycles. The van der Waals surface area contributed by atoms with Crippen LogP contribution in [0, 0.1) is 5.82 Å². The van der Waals surface area contributed by atoms with E-state index in [0.717, 1.165) is 16.9 Å². The van der Waals surface area contributed by atoms with Crippen LogP contribution in [0.15, 0.2) is 69.6 Å². The van der Waals surface area contributed by atoms with Gasteiger partial charge in [0.25, 0.3) is 0 Å². The van der Waals surface area contributed by atoms with Crippen LogP contribution in [0.4, 0.5) is 10.1 Å². The van der Waals surface area contributed by atoms with Crippen molar-refractivity contribution in [3.05, 3.63) is 71.6 Å². The number of guanidine groups is 1. The second-order valence-corrected chi connectivity index (χ2v) is 5.71. The number of benzene rings is 2. The minimum atomic E-state index is -1.70. The minimum Gasteiger partial charge on any atom is -0.359 e. The molecule has 0 radical (unpaired) electrons. The average molecular weight is 318 g/mol. The van der Waals surface area contributed by atoms with E-state index < -0.39 is 5.72 Å². The molecular formula is C18H11FN4O. The van der Waals surface area contributed by atoms with Crippen molar-refractivity contribution in [2.45, 2.75) is 5.72 Å². The van der Waals surface area contributed by atoms with Crippen LogP contribution < -0.4 is 0 Å². The standard InChI is InChI=1S/C18H11FN4O/c19-12-7-5-11(6-8-12)18(24)16-21-14-4-2-1-3-13(14)15-9-10-20-17(22-18)23(15)16/h1-10,24H. The molecular weight excluding hydrogens is 307 g/mol. The number of allylic oxidation sites excluding steroid dienone is 1. The highest BCUT2D eigenvalue weighted by atomic mass is 19.1. The Kier molecular flexibility index (Phi) is 2.47. The fraction of sp³-hybridized carbons (Fsp3) is 0.0556. The van der Waals surface area contributed by atoms with E-state index in [-0.39, 0.29) is 5.82 Å². The van der Waals surface area contributed by atoms with Crippen molar-refractivity contribution < 1.29 is 9.50 Å². The number of aliphatic hydroxyl groups is 1. The number of amidine groups is 1. The first-order chi connectivity index (χ1) is 11.7. The number of hydrogen-bond acceptors (Lipinski definition) is 5. The monoisotopic (exact) mass is 318 g/mol. The van der Waals surface area contributed by atoms with E-state index in [1.54, 1.807) is 11.1 Å². The van der Waals surface area contributed by atoms with E-state index in [0.29, 0.717) is 17.4 Å². The number of nitrogens with zero attached hydrogens (tertiary/aromatic N) is 4. The molecule has 1 N–H and O–H groups in total. The van der Waals surface area contributed by atoms with Crippen molar-refractivity contribution in [3.63, 3.8) is 0 Å². The van der Waals surface area contributed by atoms with Crippen LogP contribution in [0.1, 0.15) is 11.1 Å². The minimum absolute atomic E-state index is 0.353. The first-order valence-electron chi connectivity index (χ1n) is 7.48. The van der Waals surface area contributed by atoms with Crippen molar-refractivity contribution in [1.82, 2.24) is 4.90 Å². The topological polar surface area (TPSA) is 60.6 Å². The summed E-state index contributed by atoms with van der Waals surface area (Å²) in [4.78, 5) is 15.0. The Bertz CT molecular complexity index is 990. The third kappa shape index (κ3) is 1.63. The second-order valence-electron chi connectivity index (χ2n) is 5.71. The first-order valence-corrected chi connectivity index (χ1v) is 7.48. The number of fused-ring (bicyclic) bond motifs is 2. The predicted octanol–water partition coefficient (Wildman–Crippen LogP) is 2.81. The summed E-state index contributed by atoms with van der Waals surface area (Å²) in [6.07, 6.45) is 3.52. The van der Waals surface area contributed by atoms with Crippen LogP contribution in [0.2, 0.25) is 0 Å². The Balaban J connectivity index is 1.78. The van der Waals surface area contributed by atoms with Gasteiger partial charge >= 0.3 is 0 Å². The summed E-state index contributed by atoms with van der Waals surface area (Å²) in [5, 5.41) is 11.2. The Labute approximate surface area is 136 Å². The van der Waals surface area contributed by atoms with Crippen molar-refractivity contribution in [3.8, 4) is 0 Å². The van der Waals surface area contributed by atoms with E-state index in [2.05, 4.69) is 15.0 Å². The molecule has 2 aromatic rings. The van der Waals surface area contributed by atoms with Gasteiger partial charge in [-0.15, -0.1) is 0 Å². The molecule has 0 saturated heterocycles. The van der Waals surface area contributed by atoms with Crippen molar-refractivity contribution in [2.24, 2.45) is 15.0 Å². The van der Waals surface area contributed by atoms with Crippen LogP contribution in [0.25, 0.3) is 5.70 Å². The maximum Gasteiger partial charge on any atom is 0.246 e. The predicted molar refractivity (Wildman–Crippen MR) is 89.6 cm³/mol. The summed E-state index contributed by atoms with van der Waals surface area (Å²) in [6.45, 7) is 0. The molecule has 5 nitrogen and oxygen atoms in total. The third-order valence-electron chi connectivity index (χ3n) is 4.30. The lowest BCUT2D eigenvalue weighted by molar-refractivity contribution is 0.122. The zero-order valence-corrected chi connectivity index (χ0v) is 12.4. The number of hydrogen-bond donors (Lipinski definition) is 1. The molecule has 6 heteroatoms. The molecule has 3 aliphatic rings. The van der Waals surface area contributed by atoms with Crippen molar-refractivity contribution in [2.75, 3.05) is 0 Å². The highest BCUT2D eigenvalue weighted by Gasteiger charge is 2.50. The molecule has 1 atom stereocenters. The summed E-state index contributed by atoms with van der Waals surface area (Å²) in [5.74, 6) is 0.346. The van der Waals surface area contributed by atoms with Crippen molar-refractivity contribution >= 4 is 29.4 Å². The SMILES string of the molecule is OC1(c2ccc(F)cc2)N=C2N=CC=C3c4ccccc4N=C1N32. The molecule has 0 amide bonds. The fourth-order valence-corrected chi connectivity index (χ4v) is 3.17. The molecule has 3 heterocycles. The second kappa shape index (κ2) is 4.46. The molecule has 1 unspecified atom stereocenters. The smallest absolute Gasteiger partial charge is 0.246 e. The van der Waals surface area contributed by atoms with Gasteiger partial charge in [-0.05, 0) is 24.3 Å².